The number of aryl methyl sites for hydroxylation is 1. The van der Waals surface area contributed by atoms with Crippen molar-refractivity contribution < 1.29 is 3.07 Å². The lowest BCUT2D eigenvalue weighted by Gasteiger charge is -2.39. The Labute approximate surface area is 247 Å². The lowest BCUT2D eigenvalue weighted by molar-refractivity contribution is 0.147. The number of aromatic nitrogens is 5. The van der Waals surface area contributed by atoms with Crippen LogP contribution < -0.4 is 15.8 Å². The standard InChI is InChI=1S/C29H33IN8O2/c1-5-14-37-27(39)23-17-31-28(32-21-7-9-22(10-8-21)36-16-15-35(4)18-19(36)2)34-26(23)38(37)24-11-6-20-12-13-29(3,40-30)25(20)33-24/h5-11,17,19H,1,12-16,18H2,2-4H3,(H,31,32,34)/t19-,29+/m1/s1. The minimum absolute atomic E-state index is 0.192. The lowest BCUT2D eigenvalue weighted by Crippen LogP contribution is -2.50. The fraction of sp³-hybridized carbons (Fsp3) is 0.379. The van der Waals surface area contributed by atoms with Gasteiger partial charge >= 0.3 is 0 Å². The highest BCUT2D eigenvalue weighted by Gasteiger charge is 2.37. The second-order valence-electron chi connectivity index (χ2n) is 10.9. The van der Waals surface area contributed by atoms with Gasteiger partial charge in [-0.25, -0.2) is 19.3 Å². The highest BCUT2D eigenvalue weighted by Crippen LogP contribution is 2.40. The van der Waals surface area contributed by atoms with E-state index in [1.165, 1.54) is 5.69 Å². The second-order valence-corrected chi connectivity index (χ2v) is 11.3. The third-order valence-corrected chi connectivity index (χ3v) is 8.96. The zero-order chi connectivity index (χ0) is 28.0. The van der Waals surface area contributed by atoms with Crippen LogP contribution in [0.2, 0.25) is 0 Å². The van der Waals surface area contributed by atoms with Crippen molar-refractivity contribution in [2.24, 2.45) is 0 Å². The third kappa shape index (κ3) is 4.69. The number of likely N-dealkylation sites (N-methyl/N-ethyl adjacent to an activating group) is 1. The molecule has 4 heterocycles. The molecule has 0 amide bonds. The average molecular weight is 653 g/mol. The fourth-order valence-corrected chi connectivity index (χ4v) is 6.25. The van der Waals surface area contributed by atoms with Gasteiger partial charge in [0.25, 0.3) is 5.56 Å². The molecule has 1 N–H and O–H groups in total. The maximum absolute atomic E-state index is 13.4. The lowest BCUT2D eigenvalue weighted by atomic mass is 10.0. The molecule has 0 bridgehead atoms. The predicted octanol–water partition coefficient (Wildman–Crippen LogP) is 4.58. The summed E-state index contributed by atoms with van der Waals surface area (Å²) in [5.41, 5.74) is 3.92. The molecule has 11 heteroatoms. The van der Waals surface area contributed by atoms with E-state index in [2.05, 4.69) is 58.9 Å². The molecule has 208 valence electrons. The normalized spacial score (nSPS) is 21.1. The predicted molar refractivity (Wildman–Crippen MR) is 166 cm³/mol. The number of pyridine rings is 1. The maximum atomic E-state index is 13.4. The zero-order valence-electron chi connectivity index (χ0n) is 23.0. The van der Waals surface area contributed by atoms with Crippen LogP contribution >= 0.6 is 23.0 Å². The van der Waals surface area contributed by atoms with Gasteiger partial charge in [-0.05, 0) is 69.6 Å². The first kappa shape index (κ1) is 26.9. The molecule has 0 radical (unpaired) electrons. The van der Waals surface area contributed by atoms with Crippen LogP contribution in [0.1, 0.15) is 31.5 Å². The van der Waals surface area contributed by atoms with E-state index in [0.717, 1.165) is 49.4 Å². The first-order chi connectivity index (χ1) is 19.3. The van der Waals surface area contributed by atoms with Crippen molar-refractivity contribution >= 4 is 51.4 Å². The minimum atomic E-state index is -0.478. The van der Waals surface area contributed by atoms with Crippen molar-refractivity contribution in [1.29, 1.82) is 0 Å². The van der Waals surface area contributed by atoms with Crippen molar-refractivity contribution in [3.63, 3.8) is 0 Å². The number of rotatable bonds is 7. The number of piperazine rings is 1. The zero-order valence-corrected chi connectivity index (χ0v) is 25.1. The van der Waals surface area contributed by atoms with E-state index in [1.807, 2.05) is 48.1 Å². The van der Waals surface area contributed by atoms with Gasteiger partial charge in [-0.3, -0.25) is 4.79 Å². The van der Waals surface area contributed by atoms with Crippen molar-refractivity contribution in [3.05, 3.63) is 76.9 Å². The monoisotopic (exact) mass is 652 g/mol. The molecule has 10 nitrogen and oxygen atoms in total. The van der Waals surface area contributed by atoms with Gasteiger partial charge in [0.2, 0.25) is 5.95 Å². The van der Waals surface area contributed by atoms with Gasteiger partial charge in [0.05, 0.1) is 12.2 Å². The molecule has 3 aromatic heterocycles. The van der Waals surface area contributed by atoms with Gasteiger partial charge in [-0.2, -0.15) is 4.98 Å². The molecule has 1 fully saturated rings. The highest BCUT2D eigenvalue weighted by atomic mass is 127. The summed E-state index contributed by atoms with van der Waals surface area (Å²) in [6.45, 7) is 11.6. The van der Waals surface area contributed by atoms with Crippen molar-refractivity contribution in [3.8, 4) is 5.82 Å². The summed E-state index contributed by atoms with van der Waals surface area (Å²) < 4.78 is 9.15. The number of benzene rings is 1. The summed E-state index contributed by atoms with van der Waals surface area (Å²) in [7, 11) is 2.17. The van der Waals surface area contributed by atoms with E-state index in [1.54, 1.807) is 21.6 Å². The summed E-state index contributed by atoms with van der Waals surface area (Å²) in [6.07, 6.45) is 5.03. The van der Waals surface area contributed by atoms with Crippen molar-refractivity contribution in [1.82, 2.24) is 29.2 Å². The van der Waals surface area contributed by atoms with E-state index in [0.29, 0.717) is 35.4 Å². The highest BCUT2D eigenvalue weighted by molar-refractivity contribution is 14.1. The molecule has 1 saturated heterocycles. The molecule has 1 aliphatic carbocycles. The van der Waals surface area contributed by atoms with Crippen molar-refractivity contribution in [2.75, 3.05) is 36.9 Å². The Kier molecular flexibility index (Phi) is 7.13. The van der Waals surface area contributed by atoms with Crippen LogP contribution in [-0.2, 0) is 21.6 Å². The van der Waals surface area contributed by atoms with E-state index in [4.69, 9.17) is 13.0 Å². The van der Waals surface area contributed by atoms with E-state index in [9.17, 15) is 4.79 Å². The van der Waals surface area contributed by atoms with Gasteiger partial charge in [0.15, 0.2) is 11.5 Å². The number of hydrogen-bond acceptors (Lipinski definition) is 8. The van der Waals surface area contributed by atoms with E-state index < -0.39 is 5.60 Å². The third-order valence-electron chi connectivity index (χ3n) is 7.99. The Hall–Kier alpha value is -3.29. The number of hydrogen-bond donors (Lipinski definition) is 1. The topological polar surface area (TPSA) is 93.3 Å². The van der Waals surface area contributed by atoms with Gasteiger partial charge in [0.1, 0.15) is 34.0 Å². The Morgan fingerprint density at radius 1 is 1.20 bits per heavy atom. The molecular formula is C29H33IN8O2. The van der Waals surface area contributed by atoms with Crippen molar-refractivity contribution in [2.45, 2.75) is 44.9 Å². The Morgan fingerprint density at radius 2 is 2.00 bits per heavy atom. The largest absolute Gasteiger partial charge is 0.366 e. The SMILES string of the molecule is C=CCn1c(=O)c2cnc(Nc3ccc(N4CCN(C)C[C@H]4C)cc3)nc2n1-c1ccc2c(n1)[C@@](C)(OI)CC2. The smallest absolute Gasteiger partial charge is 0.278 e. The summed E-state index contributed by atoms with van der Waals surface area (Å²) in [5.74, 6) is 1.00. The summed E-state index contributed by atoms with van der Waals surface area (Å²) in [5, 5.41) is 3.73. The minimum Gasteiger partial charge on any atom is -0.366 e. The van der Waals surface area contributed by atoms with Crippen LogP contribution in [0.25, 0.3) is 16.9 Å². The van der Waals surface area contributed by atoms with Gasteiger partial charge in [0, 0.05) is 43.2 Å². The van der Waals surface area contributed by atoms with Gasteiger partial charge in [-0.1, -0.05) is 12.1 Å². The fourth-order valence-electron chi connectivity index (χ4n) is 5.82. The molecule has 4 aromatic rings. The van der Waals surface area contributed by atoms with E-state index in [-0.39, 0.29) is 5.56 Å². The quantitative estimate of drug-likeness (QED) is 0.229. The molecule has 0 saturated carbocycles. The van der Waals surface area contributed by atoms with Gasteiger partial charge in [-0.15, -0.1) is 6.58 Å². The molecule has 6 rings (SSSR count). The first-order valence-corrected chi connectivity index (χ1v) is 14.4. The second kappa shape index (κ2) is 10.6. The molecule has 2 aliphatic rings. The van der Waals surface area contributed by atoms with E-state index >= 15 is 0 Å². The first-order valence-electron chi connectivity index (χ1n) is 13.5. The van der Waals surface area contributed by atoms with Crippen LogP contribution in [0.4, 0.5) is 17.3 Å². The Bertz CT molecular complexity index is 1630. The number of fused-ring (bicyclic) bond motifs is 2. The summed E-state index contributed by atoms with van der Waals surface area (Å²) >= 11 is 1.95. The van der Waals surface area contributed by atoms with Crippen LogP contribution in [0.3, 0.4) is 0 Å². The van der Waals surface area contributed by atoms with Crippen LogP contribution in [-0.4, -0.2) is 61.9 Å². The van der Waals surface area contributed by atoms with Gasteiger partial charge < -0.3 is 18.2 Å². The molecule has 2 atom stereocenters. The molecular weight excluding hydrogens is 619 g/mol. The Balaban J connectivity index is 1.36. The molecule has 1 aromatic carbocycles. The number of anilines is 3. The Morgan fingerprint density at radius 3 is 2.73 bits per heavy atom. The summed E-state index contributed by atoms with van der Waals surface area (Å²) in [4.78, 5) is 32.4. The average Bonchev–Trinajstić information content (AvgIpc) is 3.43. The maximum Gasteiger partial charge on any atom is 0.278 e. The number of nitrogens with one attached hydrogen (secondary N) is 1. The van der Waals surface area contributed by atoms with Crippen LogP contribution in [0.5, 0.6) is 0 Å². The number of nitrogens with zero attached hydrogens (tertiary/aromatic N) is 7. The number of allylic oxidation sites excluding steroid dienone is 1. The number of halogens is 1. The van der Waals surface area contributed by atoms with Crippen LogP contribution in [0, 0.1) is 0 Å². The molecule has 1 aliphatic heterocycles. The molecule has 0 spiro atoms. The molecule has 40 heavy (non-hydrogen) atoms. The van der Waals surface area contributed by atoms with Crippen LogP contribution in [0.15, 0.2) is 60.0 Å². The summed E-state index contributed by atoms with van der Waals surface area (Å²) in [6, 6.07) is 12.8. The molecule has 0 unspecified atom stereocenters.